The first kappa shape index (κ1) is 18.8. The van der Waals surface area contributed by atoms with E-state index in [0.29, 0.717) is 31.9 Å². The predicted molar refractivity (Wildman–Crippen MR) is 109 cm³/mol. The fourth-order valence-electron chi connectivity index (χ4n) is 3.85. The summed E-state index contributed by atoms with van der Waals surface area (Å²) in [7, 11) is -3.71. The molecule has 1 fully saturated rings. The second kappa shape index (κ2) is 7.10. The van der Waals surface area contributed by atoms with E-state index < -0.39 is 16.2 Å². The molecule has 8 heteroatoms. The van der Waals surface area contributed by atoms with Crippen molar-refractivity contribution in [1.29, 1.82) is 0 Å². The number of carbonyl (C=O) groups is 1. The smallest absolute Gasteiger partial charge is 0.261 e. The molecule has 1 saturated heterocycles. The van der Waals surface area contributed by atoms with Crippen molar-refractivity contribution >= 4 is 27.3 Å². The lowest BCUT2D eigenvalue weighted by Crippen LogP contribution is -2.58. The Balaban J connectivity index is 1.45. The molecule has 0 aliphatic carbocycles. The van der Waals surface area contributed by atoms with Crippen molar-refractivity contribution in [3.8, 4) is 0 Å². The fraction of sp³-hybridized carbons (Fsp3) is 0.350. The third-order valence-electron chi connectivity index (χ3n) is 5.28. The summed E-state index contributed by atoms with van der Waals surface area (Å²) in [6, 6.07) is 13.0. The Bertz CT molecular complexity index is 1010. The van der Waals surface area contributed by atoms with Gasteiger partial charge in [0.25, 0.3) is 5.91 Å². The van der Waals surface area contributed by atoms with Crippen molar-refractivity contribution in [3.63, 3.8) is 0 Å². The van der Waals surface area contributed by atoms with Crippen LogP contribution < -0.4 is 14.9 Å². The van der Waals surface area contributed by atoms with Crippen molar-refractivity contribution in [1.82, 2.24) is 9.62 Å². The number of sulfonamides is 1. The molecule has 0 aromatic heterocycles. The van der Waals surface area contributed by atoms with Crippen LogP contribution in [0.25, 0.3) is 0 Å². The fourth-order valence-corrected chi connectivity index (χ4v) is 5.12. The lowest BCUT2D eigenvalue weighted by molar-refractivity contribution is -0.132. The third-order valence-corrected chi connectivity index (χ3v) is 6.76. The van der Waals surface area contributed by atoms with Crippen LogP contribution in [-0.2, 0) is 14.8 Å². The van der Waals surface area contributed by atoms with E-state index in [2.05, 4.69) is 47.0 Å². The minimum Gasteiger partial charge on any atom is -0.368 e. The van der Waals surface area contributed by atoms with Crippen LogP contribution in [0.5, 0.6) is 0 Å². The Kier molecular flexibility index (Phi) is 4.76. The second-order valence-electron chi connectivity index (χ2n) is 7.30. The van der Waals surface area contributed by atoms with Gasteiger partial charge in [-0.25, -0.2) is 8.42 Å². The van der Waals surface area contributed by atoms with Crippen molar-refractivity contribution < 1.29 is 13.2 Å². The quantitative estimate of drug-likeness (QED) is 0.802. The molecule has 4 rings (SSSR count). The average molecular weight is 401 g/mol. The van der Waals surface area contributed by atoms with Gasteiger partial charge in [0, 0.05) is 31.9 Å². The normalized spacial score (nSPS) is 21.0. The Morgan fingerprint density at radius 2 is 1.75 bits per heavy atom. The van der Waals surface area contributed by atoms with E-state index in [1.54, 1.807) is 23.1 Å². The molecule has 1 amide bonds. The molecule has 148 valence electrons. The summed E-state index contributed by atoms with van der Waals surface area (Å²) in [6.07, 6.45) is -0.979. The third kappa shape index (κ3) is 3.45. The number of piperazine rings is 1. The number of benzene rings is 2. The first-order valence-electron chi connectivity index (χ1n) is 9.34. The van der Waals surface area contributed by atoms with Crippen molar-refractivity contribution in [3.05, 3.63) is 53.6 Å². The minimum absolute atomic E-state index is 0.165. The molecule has 2 aliphatic heterocycles. The summed E-state index contributed by atoms with van der Waals surface area (Å²) in [5, 5.41) is 3.01. The van der Waals surface area contributed by atoms with E-state index >= 15 is 0 Å². The summed E-state index contributed by atoms with van der Waals surface area (Å²) in [5.41, 5.74) is 4.08. The van der Waals surface area contributed by atoms with Crippen LogP contribution in [0, 0.1) is 13.8 Å². The molecule has 0 radical (unpaired) electrons. The average Bonchev–Trinajstić information content (AvgIpc) is 2.67. The number of hydrogen-bond acceptors (Lipinski definition) is 5. The number of rotatable bonds is 2. The standard InChI is InChI=1S/C20H24N4O3S/c1-14-7-8-17(15(2)13-14)23-9-11-24(12-10-23)20(25)19-21-16-5-3-4-6-18(16)28(26,27)22-19/h3-8,13,19,21-22H,9-12H2,1-2H3. The maximum Gasteiger partial charge on any atom is 0.261 e. The van der Waals surface area contributed by atoms with E-state index in [1.165, 1.54) is 22.9 Å². The van der Waals surface area contributed by atoms with Crippen LogP contribution in [0.3, 0.4) is 0 Å². The highest BCUT2D eigenvalue weighted by Gasteiger charge is 2.36. The van der Waals surface area contributed by atoms with E-state index in [1.807, 2.05) is 0 Å². The summed E-state index contributed by atoms with van der Waals surface area (Å²) in [4.78, 5) is 17.1. The van der Waals surface area contributed by atoms with Crippen LogP contribution >= 0.6 is 0 Å². The predicted octanol–water partition coefficient (Wildman–Crippen LogP) is 1.68. The molecular formula is C20H24N4O3S. The van der Waals surface area contributed by atoms with Crippen LogP contribution in [0.15, 0.2) is 47.4 Å². The zero-order valence-electron chi connectivity index (χ0n) is 16.0. The number of nitrogens with one attached hydrogen (secondary N) is 2. The first-order valence-corrected chi connectivity index (χ1v) is 10.8. The molecule has 2 N–H and O–H groups in total. The highest BCUT2D eigenvalue weighted by Crippen LogP contribution is 2.26. The summed E-state index contributed by atoms with van der Waals surface area (Å²) < 4.78 is 27.3. The molecule has 2 aromatic rings. The van der Waals surface area contributed by atoms with Gasteiger partial charge in [0.15, 0.2) is 6.17 Å². The monoisotopic (exact) mass is 400 g/mol. The molecule has 1 atom stereocenters. The molecule has 28 heavy (non-hydrogen) atoms. The Hall–Kier alpha value is -2.58. The van der Waals surface area contributed by atoms with E-state index in [4.69, 9.17) is 0 Å². The molecule has 2 aromatic carbocycles. The number of nitrogens with zero attached hydrogens (tertiary/aromatic N) is 2. The highest BCUT2D eigenvalue weighted by molar-refractivity contribution is 7.89. The molecule has 0 saturated carbocycles. The molecule has 0 bridgehead atoms. The van der Waals surface area contributed by atoms with Gasteiger partial charge in [0.1, 0.15) is 4.90 Å². The first-order chi connectivity index (χ1) is 13.3. The van der Waals surface area contributed by atoms with Crippen molar-refractivity contribution in [2.45, 2.75) is 24.9 Å². The van der Waals surface area contributed by atoms with Crippen LogP contribution in [-0.4, -0.2) is 51.6 Å². The maximum absolute atomic E-state index is 12.9. The number of amides is 1. The van der Waals surface area contributed by atoms with Crippen molar-refractivity contribution in [2.24, 2.45) is 0 Å². The highest BCUT2D eigenvalue weighted by atomic mass is 32.2. The van der Waals surface area contributed by atoms with Crippen LogP contribution in [0.2, 0.25) is 0 Å². The van der Waals surface area contributed by atoms with Gasteiger partial charge in [-0.2, -0.15) is 4.72 Å². The summed E-state index contributed by atoms with van der Waals surface area (Å²) in [6.45, 7) is 6.70. The zero-order valence-corrected chi connectivity index (χ0v) is 16.8. The van der Waals surface area contributed by atoms with Gasteiger partial charge < -0.3 is 15.1 Å². The van der Waals surface area contributed by atoms with E-state index in [0.717, 1.165) is 0 Å². The Morgan fingerprint density at radius 1 is 1.04 bits per heavy atom. The Morgan fingerprint density at radius 3 is 2.46 bits per heavy atom. The molecule has 2 aliphatic rings. The SMILES string of the molecule is Cc1ccc(N2CCN(C(=O)C3Nc4ccccc4S(=O)(=O)N3)CC2)c(C)c1. The lowest BCUT2D eigenvalue weighted by atomic mass is 10.1. The van der Waals surface area contributed by atoms with Crippen LogP contribution in [0.1, 0.15) is 11.1 Å². The van der Waals surface area contributed by atoms with E-state index in [9.17, 15) is 13.2 Å². The van der Waals surface area contributed by atoms with Gasteiger partial charge in [-0.1, -0.05) is 29.8 Å². The number of fused-ring (bicyclic) bond motifs is 1. The molecule has 7 nitrogen and oxygen atoms in total. The second-order valence-corrected chi connectivity index (χ2v) is 8.98. The molecule has 1 unspecified atom stereocenters. The summed E-state index contributed by atoms with van der Waals surface area (Å²) in [5.74, 6) is -0.252. The number of anilines is 2. The van der Waals surface area contributed by atoms with E-state index in [-0.39, 0.29) is 10.8 Å². The van der Waals surface area contributed by atoms with Gasteiger partial charge in [-0.15, -0.1) is 0 Å². The number of para-hydroxylation sites is 1. The molecular weight excluding hydrogens is 376 g/mol. The number of hydrogen-bond donors (Lipinski definition) is 2. The van der Waals surface area contributed by atoms with Gasteiger partial charge in [0.2, 0.25) is 10.0 Å². The van der Waals surface area contributed by atoms with Gasteiger partial charge in [0.05, 0.1) is 5.69 Å². The topological polar surface area (TPSA) is 81.8 Å². The number of carbonyl (C=O) groups excluding carboxylic acids is 1. The van der Waals surface area contributed by atoms with Gasteiger partial charge in [-0.05, 0) is 37.6 Å². The largest absolute Gasteiger partial charge is 0.368 e. The molecule has 2 heterocycles. The lowest BCUT2D eigenvalue weighted by Gasteiger charge is -2.39. The Labute approximate surface area is 165 Å². The zero-order chi connectivity index (χ0) is 19.9. The van der Waals surface area contributed by atoms with Crippen molar-refractivity contribution in [2.75, 3.05) is 36.4 Å². The van der Waals surface area contributed by atoms with Gasteiger partial charge in [-0.3, -0.25) is 4.79 Å². The minimum atomic E-state index is -3.71. The molecule has 0 spiro atoms. The van der Waals surface area contributed by atoms with Gasteiger partial charge >= 0.3 is 0 Å². The maximum atomic E-state index is 12.9. The summed E-state index contributed by atoms with van der Waals surface area (Å²) >= 11 is 0. The number of aryl methyl sites for hydroxylation is 2. The van der Waals surface area contributed by atoms with Crippen LogP contribution in [0.4, 0.5) is 11.4 Å².